The summed E-state index contributed by atoms with van der Waals surface area (Å²) >= 11 is 0. The normalized spacial score (nSPS) is 15.5. The molecule has 1 fully saturated rings. The van der Waals surface area contributed by atoms with Gasteiger partial charge in [0, 0.05) is 38.3 Å². The maximum absolute atomic E-state index is 13.9. The minimum atomic E-state index is -2.46. The first-order valence-corrected chi connectivity index (χ1v) is 8.13. The number of nitrogens with one attached hydrogen (secondary N) is 1. The van der Waals surface area contributed by atoms with Crippen LogP contribution < -0.4 is 15.0 Å². The van der Waals surface area contributed by atoms with E-state index in [1.807, 2.05) is 4.90 Å². The fourth-order valence-electron chi connectivity index (χ4n) is 2.15. The largest absolute Gasteiger partial charge is 0.490 e. The van der Waals surface area contributed by atoms with Crippen molar-refractivity contribution < 1.29 is 21.9 Å². The number of piperazine rings is 1. The second kappa shape index (κ2) is 7.56. The summed E-state index contributed by atoms with van der Waals surface area (Å²) in [7, 11) is -2.46. The van der Waals surface area contributed by atoms with Gasteiger partial charge in [0.25, 0.3) is 0 Å². The van der Waals surface area contributed by atoms with Crippen LogP contribution in [-0.2, 0) is 10.7 Å². The number of nitrogens with zero attached hydrogens (tertiary/aromatic N) is 1. The van der Waals surface area contributed by atoms with Crippen molar-refractivity contribution in [3.05, 3.63) is 23.8 Å². The topological polar surface area (TPSA) is 58.6 Å². The van der Waals surface area contributed by atoms with Crippen molar-refractivity contribution in [2.75, 3.05) is 43.4 Å². The Hall–Kier alpha value is -1.41. The van der Waals surface area contributed by atoms with Gasteiger partial charge < -0.3 is 15.0 Å². The van der Waals surface area contributed by atoms with Crippen molar-refractivity contribution in [2.45, 2.75) is 6.42 Å². The Morgan fingerprint density at radius 1 is 1.19 bits per heavy atom. The van der Waals surface area contributed by atoms with Gasteiger partial charge in [0.1, 0.15) is 16.5 Å². The molecule has 0 spiro atoms. The molecule has 2 rings (SSSR count). The third kappa shape index (κ3) is 4.53. The molecule has 1 saturated heterocycles. The van der Waals surface area contributed by atoms with Crippen molar-refractivity contribution in [1.82, 2.24) is 5.32 Å². The Labute approximate surface area is 123 Å². The lowest BCUT2D eigenvalue weighted by Crippen LogP contribution is -2.43. The van der Waals surface area contributed by atoms with Gasteiger partial charge in [-0.1, -0.05) is 0 Å². The van der Waals surface area contributed by atoms with Crippen molar-refractivity contribution in [3.63, 3.8) is 0 Å². The monoisotopic (exact) mass is 320 g/mol. The average molecular weight is 320 g/mol. The van der Waals surface area contributed by atoms with Crippen LogP contribution in [0.4, 0.5) is 14.5 Å². The quantitative estimate of drug-likeness (QED) is 0.598. The fraction of sp³-hybridized carbons (Fsp3) is 0.538. The molecule has 21 heavy (non-hydrogen) atoms. The van der Waals surface area contributed by atoms with Crippen LogP contribution in [0.1, 0.15) is 6.42 Å². The van der Waals surface area contributed by atoms with Crippen molar-refractivity contribution in [3.8, 4) is 5.75 Å². The highest BCUT2D eigenvalue weighted by Crippen LogP contribution is 2.28. The second-order valence-corrected chi connectivity index (χ2v) is 5.84. The van der Waals surface area contributed by atoms with Crippen LogP contribution in [0.3, 0.4) is 0 Å². The first-order chi connectivity index (χ1) is 10.1. The van der Waals surface area contributed by atoms with Crippen LogP contribution in [0.25, 0.3) is 0 Å². The third-order valence-corrected chi connectivity index (χ3v) is 3.88. The van der Waals surface area contributed by atoms with Gasteiger partial charge in [-0.05, 0) is 6.42 Å². The lowest BCUT2D eigenvalue weighted by Gasteiger charge is -2.30. The maximum Gasteiger partial charge on any atom is 0.168 e. The summed E-state index contributed by atoms with van der Waals surface area (Å²) in [5, 5.41) is 3.16. The number of thiol groups is 1. The molecule has 0 saturated carbocycles. The van der Waals surface area contributed by atoms with E-state index in [0.717, 1.165) is 19.2 Å². The van der Waals surface area contributed by atoms with Crippen LogP contribution in [0.15, 0.2) is 12.1 Å². The minimum Gasteiger partial charge on any atom is -0.490 e. The Bertz CT molecular complexity index is 553. The van der Waals surface area contributed by atoms with Gasteiger partial charge in [0.15, 0.2) is 11.6 Å². The van der Waals surface area contributed by atoms with Gasteiger partial charge >= 0.3 is 0 Å². The summed E-state index contributed by atoms with van der Waals surface area (Å²) < 4.78 is 53.6. The predicted octanol–water partition coefficient (Wildman–Crippen LogP) is 0.755. The summed E-state index contributed by atoms with van der Waals surface area (Å²) in [5.74, 6) is -1.46. The number of hydrogen-bond acceptors (Lipinski definition) is 5. The van der Waals surface area contributed by atoms with E-state index in [2.05, 4.69) is 5.32 Å². The molecule has 1 heterocycles. The molecule has 8 heteroatoms. The zero-order valence-corrected chi connectivity index (χ0v) is 12.4. The number of anilines is 1. The molecule has 1 aromatic rings. The predicted molar refractivity (Wildman–Crippen MR) is 76.7 cm³/mol. The van der Waals surface area contributed by atoms with Crippen molar-refractivity contribution >= 4 is 16.4 Å². The molecule has 1 N–H and O–H groups in total. The minimum absolute atomic E-state index is 0.0111. The summed E-state index contributed by atoms with van der Waals surface area (Å²) in [4.78, 5) is 1.83. The highest BCUT2D eigenvalue weighted by molar-refractivity contribution is 7.72. The summed E-state index contributed by atoms with van der Waals surface area (Å²) in [6.45, 7) is 2.83. The highest BCUT2D eigenvalue weighted by atomic mass is 32.2. The Morgan fingerprint density at radius 3 is 2.57 bits per heavy atom. The smallest absolute Gasteiger partial charge is 0.168 e. The second-order valence-electron chi connectivity index (χ2n) is 4.73. The number of benzene rings is 1. The Balaban J connectivity index is 2.06. The molecule has 1 aliphatic rings. The molecule has 0 radical (unpaired) electrons. The Kier molecular flexibility index (Phi) is 5.75. The van der Waals surface area contributed by atoms with Crippen LogP contribution in [0.2, 0.25) is 0 Å². The van der Waals surface area contributed by atoms with Gasteiger partial charge in [-0.15, -0.1) is 0 Å². The van der Waals surface area contributed by atoms with Crippen LogP contribution in [-0.4, -0.2) is 47.0 Å². The Morgan fingerprint density at radius 2 is 1.90 bits per heavy atom. The van der Waals surface area contributed by atoms with E-state index in [-0.39, 0.29) is 24.5 Å². The van der Waals surface area contributed by atoms with Crippen molar-refractivity contribution in [1.29, 1.82) is 0 Å². The van der Waals surface area contributed by atoms with E-state index < -0.39 is 22.3 Å². The fourth-order valence-corrected chi connectivity index (χ4v) is 2.54. The standard InChI is InChI=1S/C13H18F2N2O3S/c14-10-8-11(15)13(20-6-1-7-21(18)19)9-12(10)17-4-2-16-3-5-17/h8-9,16,21H,1-7H2. The molecule has 1 aromatic carbocycles. The summed E-state index contributed by atoms with van der Waals surface area (Å²) in [6, 6.07) is 2.15. The molecule has 0 aromatic heterocycles. The molecule has 0 amide bonds. The molecule has 1 aliphatic heterocycles. The van der Waals surface area contributed by atoms with Crippen LogP contribution in [0.5, 0.6) is 5.75 Å². The van der Waals surface area contributed by atoms with E-state index >= 15 is 0 Å². The third-order valence-electron chi connectivity index (χ3n) is 3.20. The van der Waals surface area contributed by atoms with E-state index in [0.29, 0.717) is 18.8 Å². The molecule has 0 aliphatic carbocycles. The van der Waals surface area contributed by atoms with E-state index in [4.69, 9.17) is 4.74 Å². The summed E-state index contributed by atoms with van der Waals surface area (Å²) in [6.07, 6.45) is 0.276. The zero-order chi connectivity index (χ0) is 15.2. The molecule has 0 bridgehead atoms. The number of ether oxygens (including phenoxy) is 1. The zero-order valence-electron chi connectivity index (χ0n) is 11.5. The molecule has 118 valence electrons. The molecule has 5 nitrogen and oxygen atoms in total. The molecule has 0 atom stereocenters. The lowest BCUT2D eigenvalue weighted by atomic mass is 10.2. The van der Waals surface area contributed by atoms with Gasteiger partial charge in [-0.3, -0.25) is 0 Å². The van der Waals surface area contributed by atoms with Gasteiger partial charge in [-0.2, -0.15) is 0 Å². The molecule has 0 unspecified atom stereocenters. The molecular formula is C13H18F2N2O3S. The SMILES string of the molecule is O=[SH](=O)CCCOc1cc(N2CCNCC2)c(F)cc1F. The first kappa shape index (κ1) is 16.0. The number of hydrogen-bond donors (Lipinski definition) is 2. The van der Waals surface area contributed by atoms with Gasteiger partial charge in [0.05, 0.1) is 18.0 Å². The van der Waals surface area contributed by atoms with E-state index in [1.54, 1.807) is 0 Å². The van der Waals surface area contributed by atoms with Gasteiger partial charge in [0.2, 0.25) is 0 Å². The first-order valence-electron chi connectivity index (χ1n) is 6.77. The maximum atomic E-state index is 13.9. The van der Waals surface area contributed by atoms with E-state index in [1.165, 1.54) is 6.07 Å². The van der Waals surface area contributed by atoms with Crippen LogP contribution in [0, 0.1) is 11.6 Å². The van der Waals surface area contributed by atoms with Gasteiger partial charge in [-0.25, -0.2) is 17.2 Å². The van der Waals surface area contributed by atoms with Crippen LogP contribution >= 0.6 is 0 Å². The average Bonchev–Trinajstić information content (AvgIpc) is 2.46. The lowest BCUT2D eigenvalue weighted by molar-refractivity contribution is 0.301. The molecular weight excluding hydrogens is 302 g/mol. The van der Waals surface area contributed by atoms with Crippen molar-refractivity contribution in [2.24, 2.45) is 0 Å². The highest BCUT2D eigenvalue weighted by Gasteiger charge is 2.18. The number of rotatable bonds is 6. The summed E-state index contributed by atoms with van der Waals surface area (Å²) in [5.41, 5.74) is 0.308. The number of halogens is 2. The van der Waals surface area contributed by atoms with E-state index in [9.17, 15) is 17.2 Å².